The molecule has 0 heterocycles. The molecule has 0 saturated carbocycles. The summed E-state index contributed by atoms with van der Waals surface area (Å²) in [5, 5.41) is 0. The van der Waals surface area contributed by atoms with E-state index in [-0.39, 0.29) is 5.60 Å². The zero-order valence-electron chi connectivity index (χ0n) is 10.6. The van der Waals surface area contributed by atoms with Gasteiger partial charge in [-0.1, -0.05) is 20.8 Å². The lowest BCUT2D eigenvalue weighted by Gasteiger charge is -2.28. The molecule has 14 heavy (non-hydrogen) atoms. The summed E-state index contributed by atoms with van der Waals surface area (Å²) in [6.07, 6.45) is 2.07. The van der Waals surface area contributed by atoms with Crippen LogP contribution in [0.25, 0.3) is 0 Å². The molecule has 0 amide bonds. The van der Waals surface area contributed by atoms with Gasteiger partial charge in [-0.15, -0.1) is 0 Å². The standard InChI is InChI=1S/C12H27NO/c1-9(2)10(3)11(13)7-8-12(4,5)14-6/h9-11H,7-8,13H2,1-6H3. The first-order chi connectivity index (χ1) is 6.30. The topological polar surface area (TPSA) is 35.2 Å². The van der Waals surface area contributed by atoms with E-state index in [9.17, 15) is 0 Å². The third kappa shape index (κ3) is 4.97. The highest BCUT2D eigenvalue weighted by molar-refractivity contribution is 4.76. The number of nitrogens with two attached hydrogens (primary N) is 1. The fourth-order valence-electron chi connectivity index (χ4n) is 1.37. The quantitative estimate of drug-likeness (QED) is 0.717. The fourth-order valence-corrected chi connectivity index (χ4v) is 1.37. The summed E-state index contributed by atoms with van der Waals surface area (Å²) in [5.74, 6) is 1.25. The minimum atomic E-state index is -0.0334. The molecule has 0 radical (unpaired) electrons. The first-order valence-corrected chi connectivity index (χ1v) is 5.61. The van der Waals surface area contributed by atoms with Gasteiger partial charge in [0.2, 0.25) is 0 Å². The molecule has 0 aliphatic carbocycles. The predicted molar refractivity (Wildman–Crippen MR) is 62.3 cm³/mol. The Morgan fingerprint density at radius 3 is 2.07 bits per heavy atom. The average Bonchev–Trinajstić information content (AvgIpc) is 2.13. The van der Waals surface area contributed by atoms with Crippen molar-refractivity contribution in [2.75, 3.05) is 7.11 Å². The van der Waals surface area contributed by atoms with Crippen molar-refractivity contribution in [1.29, 1.82) is 0 Å². The molecule has 2 nitrogen and oxygen atoms in total. The van der Waals surface area contributed by atoms with Gasteiger partial charge < -0.3 is 10.5 Å². The molecule has 0 aromatic rings. The third-order valence-corrected chi connectivity index (χ3v) is 3.36. The number of rotatable bonds is 6. The molecule has 0 aliphatic rings. The van der Waals surface area contributed by atoms with E-state index in [1.807, 2.05) is 0 Å². The molecule has 2 unspecified atom stereocenters. The van der Waals surface area contributed by atoms with Crippen molar-refractivity contribution in [3.63, 3.8) is 0 Å². The van der Waals surface area contributed by atoms with Crippen molar-refractivity contribution in [1.82, 2.24) is 0 Å². The molecule has 0 aromatic carbocycles. The van der Waals surface area contributed by atoms with Crippen LogP contribution in [-0.4, -0.2) is 18.8 Å². The molecule has 0 aliphatic heterocycles. The maximum Gasteiger partial charge on any atom is 0.0623 e. The largest absolute Gasteiger partial charge is 0.379 e. The average molecular weight is 201 g/mol. The van der Waals surface area contributed by atoms with Crippen molar-refractivity contribution in [2.24, 2.45) is 17.6 Å². The highest BCUT2D eigenvalue weighted by Crippen LogP contribution is 2.21. The molecule has 0 saturated heterocycles. The normalized spacial score (nSPS) is 17.1. The predicted octanol–water partition coefficient (Wildman–Crippen LogP) is 2.81. The molecular weight excluding hydrogens is 174 g/mol. The van der Waals surface area contributed by atoms with Crippen LogP contribution in [0.3, 0.4) is 0 Å². The Balaban J connectivity index is 3.90. The molecule has 0 bridgehead atoms. The van der Waals surface area contributed by atoms with Gasteiger partial charge in [0.05, 0.1) is 5.60 Å². The SMILES string of the molecule is COC(C)(C)CCC(N)C(C)C(C)C. The fraction of sp³-hybridized carbons (Fsp3) is 1.00. The van der Waals surface area contributed by atoms with E-state index in [0.717, 1.165) is 12.8 Å². The van der Waals surface area contributed by atoms with Crippen LogP contribution in [0.15, 0.2) is 0 Å². The first-order valence-electron chi connectivity index (χ1n) is 5.61. The minimum Gasteiger partial charge on any atom is -0.379 e. The lowest BCUT2D eigenvalue weighted by atomic mass is 9.86. The highest BCUT2D eigenvalue weighted by Gasteiger charge is 2.21. The van der Waals surface area contributed by atoms with Crippen LogP contribution >= 0.6 is 0 Å². The zero-order chi connectivity index (χ0) is 11.4. The van der Waals surface area contributed by atoms with E-state index in [1.54, 1.807) is 7.11 Å². The van der Waals surface area contributed by atoms with Gasteiger partial charge in [-0.25, -0.2) is 0 Å². The van der Waals surface area contributed by atoms with Crippen LogP contribution in [0, 0.1) is 11.8 Å². The monoisotopic (exact) mass is 201 g/mol. The number of hydrogen-bond donors (Lipinski definition) is 1. The molecule has 0 spiro atoms. The minimum absolute atomic E-state index is 0.0334. The van der Waals surface area contributed by atoms with Gasteiger partial charge in [-0.2, -0.15) is 0 Å². The molecule has 0 aromatic heterocycles. The molecule has 2 N–H and O–H groups in total. The van der Waals surface area contributed by atoms with Crippen LogP contribution in [0.1, 0.15) is 47.5 Å². The summed E-state index contributed by atoms with van der Waals surface area (Å²) in [6, 6.07) is 0.296. The summed E-state index contributed by atoms with van der Waals surface area (Å²) >= 11 is 0. The Hall–Kier alpha value is -0.0800. The third-order valence-electron chi connectivity index (χ3n) is 3.36. The molecule has 86 valence electrons. The first kappa shape index (κ1) is 13.9. The van der Waals surface area contributed by atoms with Gasteiger partial charge in [-0.3, -0.25) is 0 Å². The number of hydrogen-bond acceptors (Lipinski definition) is 2. The zero-order valence-corrected chi connectivity index (χ0v) is 10.6. The van der Waals surface area contributed by atoms with Crippen LogP contribution in [0.4, 0.5) is 0 Å². The number of methoxy groups -OCH3 is 1. The van der Waals surface area contributed by atoms with Gasteiger partial charge in [-0.05, 0) is 38.5 Å². The van der Waals surface area contributed by atoms with Crippen molar-refractivity contribution < 1.29 is 4.74 Å². The summed E-state index contributed by atoms with van der Waals surface area (Å²) in [5.41, 5.74) is 6.09. The molecule has 2 heteroatoms. The van der Waals surface area contributed by atoms with Gasteiger partial charge in [0.1, 0.15) is 0 Å². The Bertz CT molecular complexity index is 154. The Kier molecular flexibility index (Phi) is 5.68. The van der Waals surface area contributed by atoms with Gasteiger partial charge in [0.15, 0.2) is 0 Å². The van der Waals surface area contributed by atoms with Gasteiger partial charge in [0.25, 0.3) is 0 Å². The smallest absolute Gasteiger partial charge is 0.0623 e. The lowest BCUT2D eigenvalue weighted by Crippen LogP contribution is -2.34. The van der Waals surface area contributed by atoms with Crippen LogP contribution < -0.4 is 5.73 Å². The van der Waals surface area contributed by atoms with Crippen LogP contribution in [0.2, 0.25) is 0 Å². The summed E-state index contributed by atoms with van der Waals surface area (Å²) in [6.45, 7) is 10.9. The molecule has 0 rings (SSSR count). The van der Waals surface area contributed by atoms with Gasteiger partial charge in [0, 0.05) is 13.2 Å². The van der Waals surface area contributed by atoms with E-state index >= 15 is 0 Å². The number of ether oxygens (including phenoxy) is 1. The maximum absolute atomic E-state index is 6.12. The second kappa shape index (κ2) is 5.72. The summed E-state index contributed by atoms with van der Waals surface area (Å²) in [7, 11) is 1.76. The van der Waals surface area contributed by atoms with Gasteiger partial charge >= 0.3 is 0 Å². The van der Waals surface area contributed by atoms with Crippen molar-refractivity contribution in [3.05, 3.63) is 0 Å². The highest BCUT2D eigenvalue weighted by atomic mass is 16.5. The van der Waals surface area contributed by atoms with Crippen molar-refractivity contribution >= 4 is 0 Å². The second-order valence-corrected chi connectivity index (χ2v) is 5.27. The van der Waals surface area contributed by atoms with E-state index < -0.39 is 0 Å². The molecule has 0 fully saturated rings. The van der Waals surface area contributed by atoms with E-state index in [1.165, 1.54) is 0 Å². The van der Waals surface area contributed by atoms with Crippen molar-refractivity contribution in [2.45, 2.75) is 59.1 Å². The van der Waals surface area contributed by atoms with Crippen LogP contribution in [-0.2, 0) is 4.74 Å². The summed E-state index contributed by atoms with van der Waals surface area (Å²) < 4.78 is 5.37. The van der Waals surface area contributed by atoms with E-state index in [4.69, 9.17) is 10.5 Å². The Morgan fingerprint density at radius 2 is 1.71 bits per heavy atom. The Morgan fingerprint density at radius 1 is 1.21 bits per heavy atom. The van der Waals surface area contributed by atoms with Crippen molar-refractivity contribution in [3.8, 4) is 0 Å². The molecule has 2 atom stereocenters. The lowest BCUT2D eigenvalue weighted by molar-refractivity contribution is 0.0109. The van der Waals surface area contributed by atoms with E-state index in [0.29, 0.717) is 17.9 Å². The Labute approximate surface area is 89.2 Å². The maximum atomic E-state index is 6.12. The molecular formula is C12H27NO. The second-order valence-electron chi connectivity index (χ2n) is 5.27. The summed E-state index contributed by atoms with van der Waals surface area (Å²) in [4.78, 5) is 0. The van der Waals surface area contributed by atoms with Crippen LogP contribution in [0.5, 0.6) is 0 Å². The van der Waals surface area contributed by atoms with E-state index in [2.05, 4.69) is 34.6 Å².